The molecule has 2 heterocycles. The molecule has 32 heavy (non-hydrogen) atoms. The van der Waals surface area contributed by atoms with Gasteiger partial charge in [-0.15, -0.1) is 0 Å². The lowest BCUT2D eigenvalue weighted by atomic mass is 10.1. The molecule has 0 spiro atoms. The second-order valence-electron chi connectivity index (χ2n) is 7.38. The summed E-state index contributed by atoms with van der Waals surface area (Å²) in [5, 5.41) is 14.1. The van der Waals surface area contributed by atoms with Crippen molar-refractivity contribution in [2.45, 2.75) is 6.92 Å². The van der Waals surface area contributed by atoms with Crippen molar-refractivity contribution in [3.8, 4) is 11.3 Å². The molecule has 3 aromatic carbocycles. The van der Waals surface area contributed by atoms with E-state index in [9.17, 15) is 4.79 Å². The number of aromatic nitrogens is 4. The number of fused-ring (bicyclic) bond motifs is 1. The molecule has 0 aliphatic rings. The van der Waals surface area contributed by atoms with Crippen LogP contribution in [0.4, 0.5) is 17.2 Å². The van der Waals surface area contributed by atoms with Gasteiger partial charge in [0.2, 0.25) is 0 Å². The first-order valence-electron chi connectivity index (χ1n) is 10.2. The highest BCUT2D eigenvalue weighted by Gasteiger charge is 2.09. The minimum Gasteiger partial charge on any atom is -0.340 e. The molecule has 156 valence electrons. The Morgan fingerprint density at radius 2 is 1.75 bits per heavy atom. The van der Waals surface area contributed by atoms with Crippen molar-refractivity contribution in [2.24, 2.45) is 0 Å². The fourth-order valence-electron chi connectivity index (χ4n) is 3.49. The predicted molar refractivity (Wildman–Crippen MR) is 126 cm³/mol. The first-order chi connectivity index (χ1) is 15.6. The van der Waals surface area contributed by atoms with Crippen molar-refractivity contribution in [2.75, 3.05) is 10.6 Å². The van der Waals surface area contributed by atoms with E-state index in [0.29, 0.717) is 22.9 Å². The van der Waals surface area contributed by atoms with Crippen LogP contribution in [0.2, 0.25) is 0 Å². The highest BCUT2D eigenvalue weighted by Crippen LogP contribution is 2.23. The Bertz CT molecular complexity index is 1410. The molecule has 5 rings (SSSR count). The number of rotatable bonds is 5. The Morgan fingerprint density at radius 3 is 2.62 bits per heavy atom. The van der Waals surface area contributed by atoms with Crippen molar-refractivity contribution in [1.29, 1.82) is 0 Å². The zero-order valence-electron chi connectivity index (χ0n) is 17.3. The number of nitrogens with zero attached hydrogens (tertiary/aromatic N) is 3. The van der Waals surface area contributed by atoms with Crippen molar-refractivity contribution >= 4 is 34.0 Å². The zero-order chi connectivity index (χ0) is 21.9. The molecule has 7 nitrogen and oxygen atoms in total. The number of aryl methyl sites for hydroxylation is 1. The molecular formula is C25H20N6O. The molecule has 3 N–H and O–H groups in total. The van der Waals surface area contributed by atoms with E-state index in [0.717, 1.165) is 27.8 Å². The minimum atomic E-state index is -0.198. The normalized spacial score (nSPS) is 10.8. The molecule has 0 saturated carbocycles. The van der Waals surface area contributed by atoms with Gasteiger partial charge in [-0.2, -0.15) is 5.10 Å². The Hall–Kier alpha value is -4.52. The van der Waals surface area contributed by atoms with Crippen molar-refractivity contribution in [1.82, 2.24) is 20.2 Å². The maximum absolute atomic E-state index is 12.8. The van der Waals surface area contributed by atoms with Gasteiger partial charge in [0.15, 0.2) is 0 Å². The fourth-order valence-corrected chi connectivity index (χ4v) is 3.49. The maximum atomic E-state index is 12.8. The van der Waals surface area contributed by atoms with Gasteiger partial charge in [0.05, 0.1) is 17.4 Å². The molecule has 1 amide bonds. The summed E-state index contributed by atoms with van der Waals surface area (Å²) in [4.78, 5) is 21.8. The number of amides is 1. The summed E-state index contributed by atoms with van der Waals surface area (Å²) in [5.74, 6) is 1.13. The van der Waals surface area contributed by atoms with Crippen LogP contribution >= 0.6 is 0 Å². The highest BCUT2D eigenvalue weighted by molar-refractivity contribution is 6.05. The number of carbonyl (C=O) groups is 1. The average Bonchev–Trinajstić information content (AvgIpc) is 3.27. The Balaban J connectivity index is 1.36. The number of hydrogen-bond donors (Lipinski definition) is 3. The summed E-state index contributed by atoms with van der Waals surface area (Å²) in [7, 11) is 0. The molecule has 0 fully saturated rings. The van der Waals surface area contributed by atoms with E-state index in [4.69, 9.17) is 0 Å². The fraction of sp³-hybridized carbons (Fsp3) is 0.0400. The van der Waals surface area contributed by atoms with E-state index in [1.54, 1.807) is 18.3 Å². The molecule has 0 aliphatic heterocycles. The molecule has 0 saturated heterocycles. The van der Waals surface area contributed by atoms with Crippen molar-refractivity contribution < 1.29 is 4.79 Å². The smallest absolute Gasteiger partial charge is 0.255 e. The summed E-state index contributed by atoms with van der Waals surface area (Å²) in [6, 6.07) is 24.8. The first-order valence-corrected chi connectivity index (χ1v) is 10.2. The van der Waals surface area contributed by atoms with Gasteiger partial charge in [-0.1, -0.05) is 36.4 Å². The third-order valence-corrected chi connectivity index (χ3v) is 5.00. The zero-order valence-corrected chi connectivity index (χ0v) is 17.3. The molecular weight excluding hydrogens is 400 g/mol. The van der Waals surface area contributed by atoms with Gasteiger partial charge >= 0.3 is 0 Å². The van der Waals surface area contributed by atoms with Crippen LogP contribution in [0.3, 0.4) is 0 Å². The van der Waals surface area contributed by atoms with E-state index < -0.39 is 0 Å². The van der Waals surface area contributed by atoms with E-state index in [1.807, 2.05) is 73.7 Å². The molecule has 7 heteroatoms. The summed E-state index contributed by atoms with van der Waals surface area (Å²) >= 11 is 0. The quantitative estimate of drug-likeness (QED) is 0.357. The summed E-state index contributed by atoms with van der Waals surface area (Å²) < 4.78 is 0. The average molecular weight is 420 g/mol. The standard InChI is InChI=1S/C25H20N6O/c1-16-27-22(17-6-3-2-4-7-17)14-24(28-16)29-20-9-5-8-18(12-20)25(32)30-21-11-10-19-15-26-31-23(19)13-21/h2-15H,1H3,(H,26,31)(H,30,32)(H,27,28,29). The van der Waals surface area contributed by atoms with Crippen molar-refractivity contribution in [3.63, 3.8) is 0 Å². The minimum absolute atomic E-state index is 0.198. The van der Waals surface area contributed by atoms with Crippen LogP contribution < -0.4 is 10.6 Å². The molecule has 0 radical (unpaired) electrons. The van der Waals surface area contributed by atoms with Crippen LogP contribution in [0.1, 0.15) is 16.2 Å². The third kappa shape index (κ3) is 4.17. The lowest BCUT2D eigenvalue weighted by Gasteiger charge is -2.11. The summed E-state index contributed by atoms with van der Waals surface area (Å²) in [6.45, 7) is 1.86. The van der Waals surface area contributed by atoms with Gasteiger partial charge in [-0.25, -0.2) is 9.97 Å². The monoisotopic (exact) mass is 420 g/mol. The molecule has 0 unspecified atom stereocenters. The summed E-state index contributed by atoms with van der Waals surface area (Å²) in [6.07, 6.45) is 1.74. The maximum Gasteiger partial charge on any atom is 0.255 e. The lowest BCUT2D eigenvalue weighted by molar-refractivity contribution is 0.102. The van der Waals surface area contributed by atoms with Crippen LogP contribution in [-0.2, 0) is 0 Å². The van der Waals surface area contributed by atoms with E-state index in [2.05, 4.69) is 30.8 Å². The molecule has 5 aromatic rings. The molecule has 0 atom stereocenters. The van der Waals surface area contributed by atoms with Crippen LogP contribution in [0, 0.1) is 6.92 Å². The molecule has 0 bridgehead atoms. The number of anilines is 3. The van der Waals surface area contributed by atoms with Crippen LogP contribution in [0.25, 0.3) is 22.2 Å². The van der Waals surface area contributed by atoms with Crippen LogP contribution in [-0.4, -0.2) is 26.1 Å². The van der Waals surface area contributed by atoms with E-state index in [-0.39, 0.29) is 5.91 Å². The van der Waals surface area contributed by atoms with Crippen molar-refractivity contribution in [3.05, 3.63) is 96.4 Å². The number of nitrogens with one attached hydrogen (secondary N) is 3. The highest BCUT2D eigenvalue weighted by atomic mass is 16.1. The van der Waals surface area contributed by atoms with Gasteiger partial charge < -0.3 is 10.6 Å². The number of aromatic amines is 1. The second kappa shape index (κ2) is 8.31. The van der Waals surface area contributed by atoms with Crippen LogP contribution in [0.5, 0.6) is 0 Å². The number of benzene rings is 3. The number of H-pyrrole nitrogens is 1. The van der Waals surface area contributed by atoms with Crippen LogP contribution in [0.15, 0.2) is 85.1 Å². The lowest BCUT2D eigenvalue weighted by Crippen LogP contribution is -2.12. The van der Waals surface area contributed by atoms with Gasteiger partial charge in [-0.05, 0) is 43.3 Å². The number of hydrogen-bond acceptors (Lipinski definition) is 5. The van der Waals surface area contributed by atoms with Gasteiger partial charge in [0.1, 0.15) is 11.6 Å². The largest absolute Gasteiger partial charge is 0.340 e. The second-order valence-corrected chi connectivity index (χ2v) is 7.38. The van der Waals surface area contributed by atoms with Gasteiger partial charge in [0.25, 0.3) is 5.91 Å². The van der Waals surface area contributed by atoms with E-state index in [1.165, 1.54) is 0 Å². The van der Waals surface area contributed by atoms with Gasteiger partial charge in [-0.3, -0.25) is 9.89 Å². The Labute approximate surface area is 184 Å². The topological polar surface area (TPSA) is 95.6 Å². The Kier molecular flexibility index (Phi) is 5.05. The SMILES string of the molecule is Cc1nc(Nc2cccc(C(=O)Nc3ccc4cn[nH]c4c3)c2)cc(-c2ccccc2)n1. The molecule has 0 aliphatic carbocycles. The number of carbonyl (C=O) groups excluding carboxylic acids is 1. The Morgan fingerprint density at radius 1 is 0.875 bits per heavy atom. The van der Waals surface area contributed by atoms with Gasteiger partial charge in [0, 0.05) is 34.0 Å². The first kappa shape index (κ1) is 19.4. The third-order valence-electron chi connectivity index (χ3n) is 5.00. The van der Waals surface area contributed by atoms with E-state index >= 15 is 0 Å². The molecule has 2 aromatic heterocycles. The predicted octanol–water partition coefficient (Wildman–Crippen LogP) is 5.32. The summed E-state index contributed by atoms with van der Waals surface area (Å²) in [5.41, 5.74) is 4.72.